The lowest BCUT2D eigenvalue weighted by atomic mass is 9.96. The molecular weight excluding hydrogens is 467 g/mol. The van der Waals surface area contributed by atoms with Gasteiger partial charge in [0.25, 0.3) is 0 Å². The van der Waals surface area contributed by atoms with Gasteiger partial charge in [0, 0.05) is 16.8 Å². The number of rotatable bonds is 7. The molecule has 8 nitrogen and oxygen atoms in total. The van der Waals surface area contributed by atoms with Crippen molar-refractivity contribution < 1.29 is 38.0 Å². The van der Waals surface area contributed by atoms with Gasteiger partial charge in [-0.05, 0) is 42.8 Å². The minimum Gasteiger partial charge on any atom is -0.462 e. The lowest BCUT2D eigenvalue weighted by molar-refractivity contribution is -0.250. The van der Waals surface area contributed by atoms with Gasteiger partial charge in [-0.25, -0.2) is 13.2 Å². The molecule has 12 heteroatoms. The number of aryl methyl sites for hydroxylation is 1. The van der Waals surface area contributed by atoms with Gasteiger partial charge in [-0.2, -0.15) is 0 Å². The number of aliphatic hydroxyl groups is 3. The Labute approximate surface area is 192 Å². The van der Waals surface area contributed by atoms with Crippen LogP contribution in [0.4, 0.5) is 13.2 Å². The maximum absolute atomic E-state index is 13.6. The molecule has 180 valence electrons. The van der Waals surface area contributed by atoms with E-state index >= 15 is 0 Å². The van der Waals surface area contributed by atoms with Crippen molar-refractivity contribution in [3.8, 4) is 5.75 Å². The fourth-order valence-electron chi connectivity index (χ4n) is 3.31. The van der Waals surface area contributed by atoms with Crippen molar-refractivity contribution in [1.82, 2.24) is 10.7 Å². The Hall–Kier alpha value is -2.54. The molecule has 7 N–H and O–H groups in total. The molecule has 1 aliphatic rings. The van der Waals surface area contributed by atoms with Gasteiger partial charge >= 0.3 is 0 Å². The summed E-state index contributed by atoms with van der Waals surface area (Å²) in [5, 5.41) is 34.0. The molecule has 2 aromatic carbocycles. The van der Waals surface area contributed by atoms with Crippen LogP contribution in [0.3, 0.4) is 0 Å². The van der Waals surface area contributed by atoms with Gasteiger partial charge in [-0.1, -0.05) is 11.6 Å². The summed E-state index contributed by atoms with van der Waals surface area (Å²) in [6.07, 6.45) is -4.17. The van der Waals surface area contributed by atoms with Crippen molar-refractivity contribution >= 4 is 17.3 Å². The highest BCUT2D eigenvalue weighted by Gasteiger charge is 2.45. The van der Waals surface area contributed by atoms with E-state index in [1.54, 1.807) is 25.1 Å². The van der Waals surface area contributed by atoms with Crippen molar-refractivity contribution in [3.05, 3.63) is 70.1 Å². The van der Waals surface area contributed by atoms with E-state index < -0.39 is 54.7 Å². The number of nitrogens with two attached hydrogens (primary N) is 1. The first kappa shape index (κ1) is 25.1. The summed E-state index contributed by atoms with van der Waals surface area (Å²) >= 11 is 6.00. The minimum atomic E-state index is -1.64. The molecule has 1 aliphatic heterocycles. The number of hydrogen-bond donors (Lipinski definition) is 6. The zero-order valence-electron chi connectivity index (χ0n) is 17.3. The number of benzene rings is 2. The van der Waals surface area contributed by atoms with E-state index in [1.807, 2.05) is 0 Å². The molecule has 33 heavy (non-hydrogen) atoms. The average Bonchev–Trinajstić information content (AvgIpc) is 2.78. The van der Waals surface area contributed by atoms with Crippen molar-refractivity contribution in [2.75, 3.05) is 6.61 Å². The van der Waals surface area contributed by atoms with Gasteiger partial charge in [0.05, 0.1) is 18.3 Å². The average molecular weight is 490 g/mol. The molecule has 5 unspecified atom stereocenters. The third-order valence-corrected chi connectivity index (χ3v) is 5.56. The van der Waals surface area contributed by atoms with Gasteiger partial charge < -0.3 is 35.5 Å². The molecule has 1 saturated heterocycles. The predicted octanol–water partition coefficient (Wildman–Crippen LogP) is 1.30. The highest BCUT2D eigenvalue weighted by Crippen LogP contribution is 2.27. The highest BCUT2D eigenvalue weighted by molar-refractivity contribution is 6.31. The standard InChI is InChI=1S/C21H23ClF3N3O5/c1-9-4-11(2-3-12(9)22)32-21-20(31)18(19(30)16(8-29)33-21)27-7-15(28-26)10-5-13(23)17(25)14(24)6-10/h2-7,16,18-21,27-31H,8,26H2,1H3. The van der Waals surface area contributed by atoms with Crippen molar-refractivity contribution in [2.24, 2.45) is 5.84 Å². The van der Waals surface area contributed by atoms with Crippen LogP contribution in [0.25, 0.3) is 5.70 Å². The fourth-order valence-corrected chi connectivity index (χ4v) is 3.42. The summed E-state index contributed by atoms with van der Waals surface area (Å²) in [6.45, 7) is 1.16. The summed E-state index contributed by atoms with van der Waals surface area (Å²) in [4.78, 5) is 0. The van der Waals surface area contributed by atoms with Gasteiger partial charge in [-0.15, -0.1) is 0 Å². The number of hydrazine groups is 1. The Bertz CT molecular complexity index is 1010. The van der Waals surface area contributed by atoms with Crippen LogP contribution >= 0.6 is 11.6 Å². The lowest BCUT2D eigenvalue weighted by Gasteiger charge is -2.42. The van der Waals surface area contributed by atoms with Crippen LogP contribution in [0.5, 0.6) is 5.75 Å². The van der Waals surface area contributed by atoms with Crippen LogP contribution in [-0.2, 0) is 4.74 Å². The second-order valence-corrected chi connectivity index (χ2v) is 7.79. The molecule has 2 aromatic rings. The maximum atomic E-state index is 13.6. The third kappa shape index (κ3) is 5.52. The van der Waals surface area contributed by atoms with Crippen molar-refractivity contribution in [3.63, 3.8) is 0 Å². The topological polar surface area (TPSA) is 129 Å². The molecule has 5 atom stereocenters. The van der Waals surface area contributed by atoms with Gasteiger partial charge in [-0.3, -0.25) is 5.84 Å². The molecular formula is C21H23ClF3N3O5. The molecule has 3 rings (SSSR count). The first-order valence-corrected chi connectivity index (χ1v) is 10.2. The Kier molecular flexibility index (Phi) is 8.05. The smallest absolute Gasteiger partial charge is 0.228 e. The van der Waals surface area contributed by atoms with Crippen LogP contribution in [-0.4, -0.2) is 52.6 Å². The molecule has 1 fully saturated rings. The lowest BCUT2D eigenvalue weighted by Crippen LogP contribution is -2.64. The van der Waals surface area contributed by atoms with Crippen LogP contribution in [0, 0.1) is 24.4 Å². The molecule has 0 amide bonds. The van der Waals surface area contributed by atoms with Crippen LogP contribution < -0.4 is 21.3 Å². The van der Waals surface area contributed by atoms with E-state index in [4.69, 9.17) is 26.9 Å². The Morgan fingerprint density at radius 3 is 2.42 bits per heavy atom. The summed E-state index contributed by atoms with van der Waals surface area (Å²) in [7, 11) is 0. The SMILES string of the molecule is Cc1cc(OC2OC(CO)C(O)C(NC=C(NN)c3cc(F)c(F)c(F)c3)C2O)ccc1Cl. The molecule has 1 heterocycles. The number of aliphatic hydroxyl groups excluding tert-OH is 3. The summed E-state index contributed by atoms with van der Waals surface area (Å²) in [5.41, 5.74) is 2.70. The normalized spacial score (nSPS) is 25.6. The van der Waals surface area contributed by atoms with E-state index in [0.29, 0.717) is 28.5 Å². The van der Waals surface area contributed by atoms with E-state index in [-0.39, 0.29) is 11.3 Å². The molecule has 0 saturated carbocycles. The number of nitrogens with one attached hydrogen (secondary N) is 2. The highest BCUT2D eigenvalue weighted by atomic mass is 35.5. The first-order chi connectivity index (χ1) is 15.7. The van der Waals surface area contributed by atoms with Crippen molar-refractivity contribution in [1.29, 1.82) is 0 Å². The van der Waals surface area contributed by atoms with E-state index in [9.17, 15) is 28.5 Å². The molecule has 0 radical (unpaired) electrons. The second-order valence-electron chi connectivity index (χ2n) is 7.38. The number of hydrogen-bond acceptors (Lipinski definition) is 8. The summed E-state index contributed by atoms with van der Waals surface area (Å²) < 4.78 is 51.6. The molecule has 0 bridgehead atoms. The Morgan fingerprint density at radius 2 is 1.85 bits per heavy atom. The summed E-state index contributed by atoms with van der Waals surface area (Å²) in [5.74, 6) is 1.25. The van der Waals surface area contributed by atoms with Gasteiger partial charge in [0.2, 0.25) is 6.29 Å². The van der Waals surface area contributed by atoms with E-state index in [1.165, 1.54) is 0 Å². The van der Waals surface area contributed by atoms with E-state index in [0.717, 1.165) is 6.20 Å². The zero-order chi connectivity index (χ0) is 24.3. The van der Waals surface area contributed by atoms with E-state index in [2.05, 4.69) is 10.7 Å². The monoisotopic (exact) mass is 489 g/mol. The van der Waals surface area contributed by atoms with Crippen LogP contribution in [0.2, 0.25) is 5.02 Å². The molecule has 0 aliphatic carbocycles. The maximum Gasteiger partial charge on any atom is 0.228 e. The van der Waals surface area contributed by atoms with Crippen LogP contribution in [0.15, 0.2) is 36.5 Å². The quantitative estimate of drug-likeness (QED) is 0.195. The fraction of sp³-hybridized carbons (Fsp3) is 0.333. The Morgan fingerprint density at radius 1 is 1.18 bits per heavy atom. The second kappa shape index (κ2) is 10.6. The minimum absolute atomic E-state index is 0.0787. The predicted molar refractivity (Wildman–Crippen MR) is 113 cm³/mol. The van der Waals surface area contributed by atoms with Gasteiger partial charge in [0.1, 0.15) is 24.1 Å². The van der Waals surface area contributed by atoms with Gasteiger partial charge in [0.15, 0.2) is 17.5 Å². The largest absolute Gasteiger partial charge is 0.462 e. The molecule has 0 spiro atoms. The van der Waals surface area contributed by atoms with Crippen LogP contribution in [0.1, 0.15) is 11.1 Å². The zero-order valence-corrected chi connectivity index (χ0v) is 18.1. The Balaban J connectivity index is 1.84. The third-order valence-electron chi connectivity index (χ3n) is 5.14. The summed E-state index contributed by atoms with van der Waals surface area (Å²) in [6, 6.07) is 5.04. The first-order valence-electron chi connectivity index (χ1n) is 9.79. The number of ether oxygens (including phenoxy) is 2. The number of halogens is 4. The van der Waals surface area contributed by atoms with Crippen molar-refractivity contribution in [2.45, 2.75) is 37.6 Å². The molecule has 0 aromatic heterocycles.